The fourth-order valence-electron chi connectivity index (χ4n) is 1.61. The maximum Gasteiger partial charge on any atom is 0.207 e. The monoisotopic (exact) mass is 212 g/mol. The van der Waals surface area contributed by atoms with Crippen molar-refractivity contribution in [1.82, 2.24) is 10.3 Å². The molecule has 3 nitrogen and oxygen atoms in total. The summed E-state index contributed by atoms with van der Waals surface area (Å²) in [6, 6.07) is 0. The molecule has 0 spiro atoms. The van der Waals surface area contributed by atoms with Crippen molar-refractivity contribution in [2.45, 2.75) is 24.5 Å². The number of thioether (sulfide) groups is 1. The zero-order chi connectivity index (χ0) is 9.80. The summed E-state index contributed by atoms with van der Waals surface area (Å²) in [5, 5.41) is 3.62. The summed E-state index contributed by atoms with van der Waals surface area (Å²) < 4.78 is 5.49. The topological polar surface area (TPSA) is 38.1 Å². The summed E-state index contributed by atoms with van der Waals surface area (Å²) in [5.41, 5.74) is 1.07. The average Bonchev–Trinajstić information content (AvgIpc) is 2.85. The van der Waals surface area contributed by atoms with Crippen molar-refractivity contribution in [3.8, 4) is 0 Å². The van der Waals surface area contributed by atoms with Crippen LogP contribution in [0.1, 0.15) is 29.7 Å². The fourth-order valence-corrected chi connectivity index (χ4v) is 2.81. The van der Waals surface area contributed by atoms with E-state index in [1.165, 1.54) is 18.6 Å². The summed E-state index contributed by atoms with van der Waals surface area (Å²) in [7, 11) is 1.95. The van der Waals surface area contributed by atoms with Gasteiger partial charge in [0, 0.05) is 13.0 Å². The molecule has 1 N–H and O–H groups in total. The maximum atomic E-state index is 5.49. The molecule has 0 bridgehead atoms. The van der Waals surface area contributed by atoms with Crippen molar-refractivity contribution in [2.24, 2.45) is 0 Å². The minimum absolute atomic E-state index is 0.512. The first-order valence-corrected chi connectivity index (χ1v) is 6.15. The van der Waals surface area contributed by atoms with Crippen LogP contribution in [-0.4, -0.2) is 24.3 Å². The lowest BCUT2D eigenvalue weighted by molar-refractivity contribution is 0.486. The van der Waals surface area contributed by atoms with Crippen LogP contribution in [0.3, 0.4) is 0 Å². The highest BCUT2D eigenvalue weighted by Gasteiger charge is 2.22. The van der Waals surface area contributed by atoms with Crippen molar-refractivity contribution in [3.05, 3.63) is 17.8 Å². The Hall–Kier alpha value is -0.480. The third-order valence-corrected chi connectivity index (χ3v) is 3.77. The summed E-state index contributed by atoms with van der Waals surface area (Å²) in [6.07, 6.45) is 5.27. The number of likely N-dealkylation sites (N-methyl/N-ethyl adjacent to an activating group) is 1. The van der Waals surface area contributed by atoms with Crippen LogP contribution in [0.25, 0.3) is 0 Å². The number of hydrogen-bond acceptors (Lipinski definition) is 4. The van der Waals surface area contributed by atoms with Gasteiger partial charge in [0.05, 0.1) is 10.9 Å². The van der Waals surface area contributed by atoms with Crippen molar-refractivity contribution >= 4 is 11.8 Å². The molecule has 1 aliphatic heterocycles. The minimum Gasteiger partial charge on any atom is -0.447 e. The molecule has 0 aromatic carbocycles. The van der Waals surface area contributed by atoms with Gasteiger partial charge in [0.2, 0.25) is 5.89 Å². The molecule has 4 heteroatoms. The van der Waals surface area contributed by atoms with E-state index in [4.69, 9.17) is 4.42 Å². The van der Waals surface area contributed by atoms with E-state index in [1.54, 1.807) is 6.26 Å². The van der Waals surface area contributed by atoms with Crippen molar-refractivity contribution < 1.29 is 4.42 Å². The Morgan fingerprint density at radius 2 is 2.64 bits per heavy atom. The van der Waals surface area contributed by atoms with Crippen molar-refractivity contribution in [2.75, 3.05) is 19.3 Å². The van der Waals surface area contributed by atoms with E-state index in [2.05, 4.69) is 10.3 Å². The van der Waals surface area contributed by atoms with Gasteiger partial charge in [-0.2, -0.15) is 0 Å². The second-order valence-corrected chi connectivity index (χ2v) is 4.84. The molecule has 1 fully saturated rings. The number of rotatable bonds is 4. The summed E-state index contributed by atoms with van der Waals surface area (Å²) in [6.45, 7) is 0.962. The van der Waals surface area contributed by atoms with Crippen molar-refractivity contribution in [3.63, 3.8) is 0 Å². The molecule has 0 radical (unpaired) electrons. The Morgan fingerprint density at radius 1 is 1.71 bits per heavy atom. The Bertz CT molecular complexity index is 281. The molecular weight excluding hydrogens is 196 g/mol. The van der Waals surface area contributed by atoms with Crippen LogP contribution in [0.4, 0.5) is 0 Å². The Morgan fingerprint density at radius 3 is 3.36 bits per heavy atom. The van der Waals surface area contributed by atoms with Gasteiger partial charge in [0.1, 0.15) is 6.26 Å². The fraction of sp³-hybridized carbons (Fsp3) is 0.700. The van der Waals surface area contributed by atoms with Crippen LogP contribution in [0, 0.1) is 0 Å². The van der Waals surface area contributed by atoms with Gasteiger partial charge in [-0.25, -0.2) is 4.98 Å². The van der Waals surface area contributed by atoms with Gasteiger partial charge in [0.15, 0.2) is 0 Å². The molecule has 1 aliphatic rings. The summed E-state index contributed by atoms with van der Waals surface area (Å²) in [4.78, 5) is 4.50. The van der Waals surface area contributed by atoms with E-state index in [9.17, 15) is 0 Å². The minimum atomic E-state index is 0.512. The second kappa shape index (κ2) is 4.84. The summed E-state index contributed by atoms with van der Waals surface area (Å²) >= 11 is 1.96. The lowest BCUT2D eigenvalue weighted by Gasteiger charge is -2.00. The molecule has 1 aromatic rings. The van der Waals surface area contributed by atoms with Gasteiger partial charge < -0.3 is 9.73 Å². The Kier molecular flexibility index (Phi) is 3.48. The highest BCUT2D eigenvalue weighted by Crippen LogP contribution is 2.39. The molecule has 2 rings (SSSR count). The van der Waals surface area contributed by atoms with Crippen LogP contribution < -0.4 is 5.32 Å². The van der Waals surface area contributed by atoms with E-state index in [1.807, 2.05) is 18.8 Å². The van der Waals surface area contributed by atoms with Gasteiger partial charge in [-0.05, 0) is 25.6 Å². The third kappa shape index (κ3) is 2.30. The quantitative estimate of drug-likeness (QED) is 0.828. The first kappa shape index (κ1) is 10.1. The number of hydrogen-bond donors (Lipinski definition) is 1. The lowest BCUT2D eigenvalue weighted by atomic mass is 10.2. The second-order valence-electron chi connectivity index (χ2n) is 3.53. The maximum absolute atomic E-state index is 5.49. The molecule has 0 amide bonds. The van der Waals surface area contributed by atoms with Gasteiger partial charge in [-0.15, -0.1) is 11.8 Å². The predicted octanol–water partition coefficient (Wildman–Crippen LogP) is 2.00. The van der Waals surface area contributed by atoms with E-state index in [0.717, 1.165) is 24.6 Å². The molecule has 1 aromatic heterocycles. The SMILES string of the molecule is CNCCc1coc(C2CCCS2)n1. The van der Waals surface area contributed by atoms with Gasteiger partial charge in [0.25, 0.3) is 0 Å². The lowest BCUT2D eigenvalue weighted by Crippen LogP contribution is -2.10. The molecule has 78 valence electrons. The molecule has 2 heterocycles. The van der Waals surface area contributed by atoms with Crippen LogP contribution >= 0.6 is 11.8 Å². The first-order valence-electron chi connectivity index (χ1n) is 5.10. The molecule has 1 atom stereocenters. The third-order valence-electron chi connectivity index (χ3n) is 2.41. The number of nitrogens with one attached hydrogen (secondary N) is 1. The predicted molar refractivity (Wildman–Crippen MR) is 58.6 cm³/mol. The highest BCUT2D eigenvalue weighted by atomic mass is 32.2. The molecular formula is C10H16N2OS. The highest BCUT2D eigenvalue weighted by molar-refractivity contribution is 7.99. The molecule has 1 unspecified atom stereocenters. The van der Waals surface area contributed by atoms with Crippen LogP contribution in [0.5, 0.6) is 0 Å². The first-order chi connectivity index (χ1) is 6.90. The van der Waals surface area contributed by atoms with Crippen LogP contribution in [-0.2, 0) is 6.42 Å². The van der Waals surface area contributed by atoms with E-state index in [0.29, 0.717) is 5.25 Å². The Balaban J connectivity index is 1.94. The largest absolute Gasteiger partial charge is 0.447 e. The molecule has 0 aliphatic carbocycles. The standard InChI is InChI=1S/C10H16N2OS/c1-11-5-4-8-7-13-10(12-8)9-3-2-6-14-9/h7,9,11H,2-6H2,1H3. The normalized spacial score (nSPS) is 21.6. The van der Waals surface area contributed by atoms with Crippen LogP contribution in [0.2, 0.25) is 0 Å². The Labute approximate surface area is 88.7 Å². The summed E-state index contributed by atoms with van der Waals surface area (Å²) in [5.74, 6) is 2.18. The van der Waals surface area contributed by atoms with Gasteiger partial charge >= 0.3 is 0 Å². The smallest absolute Gasteiger partial charge is 0.207 e. The van der Waals surface area contributed by atoms with E-state index >= 15 is 0 Å². The number of nitrogens with zero attached hydrogens (tertiary/aromatic N) is 1. The van der Waals surface area contributed by atoms with E-state index < -0.39 is 0 Å². The van der Waals surface area contributed by atoms with Gasteiger partial charge in [-0.1, -0.05) is 0 Å². The van der Waals surface area contributed by atoms with E-state index in [-0.39, 0.29) is 0 Å². The molecule has 0 saturated carbocycles. The number of aromatic nitrogens is 1. The molecule has 1 saturated heterocycles. The zero-order valence-corrected chi connectivity index (χ0v) is 9.27. The van der Waals surface area contributed by atoms with Crippen molar-refractivity contribution in [1.29, 1.82) is 0 Å². The van der Waals surface area contributed by atoms with Gasteiger partial charge in [-0.3, -0.25) is 0 Å². The average molecular weight is 212 g/mol. The number of oxazole rings is 1. The molecule has 14 heavy (non-hydrogen) atoms. The zero-order valence-electron chi connectivity index (χ0n) is 8.45. The van der Waals surface area contributed by atoms with Crippen LogP contribution in [0.15, 0.2) is 10.7 Å².